The van der Waals surface area contributed by atoms with E-state index in [0.29, 0.717) is 11.8 Å². The standard InChI is InChI=1S/2C24H29.C4H11Si.2ClH.Zr/c2*1-6-17(2)19-10-12-20(13-11-19)22-9-7-8-21-14-18(15-23(21)22)16-24(3,4)5;1-3-4-5-2;;;/h2*7-15,17H,6,16H2,1-5H3;5H,3-4H2,1-2H3;2*1H;/q;;;;;+2/p-2. The molecule has 0 radical (unpaired) electrons. The van der Waals surface area contributed by atoms with E-state index in [4.69, 9.17) is 17.0 Å². The Kier molecular flexibility index (Phi) is 12.9. The van der Waals surface area contributed by atoms with Gasteiger partial charge >= 0.3 is 353 Å². The number of rotatable bonds is 13. The van der Waals surface area contributed by atoms with E-state index >= 15 is 0 Å². The topological polar surface area (TPSA) is 0 Å². The van der Waals surface area contributed by atoms with Crippen molar-refractivity contribution in [2.75, 3.05) is 0 Å². The van der Waals surface area contributed by atoms with E-state index in [0.717, 1.165) is 38.1 Å². The number of benzene rings is 4. The third-order valence-corrected chi connectivity index (χ3v) is 63.8. The summed E-state index contributed by atoms with van der Waals surface area (Å²) >= 11 is -5.09. The van der Waals surface area contributed by atoms with Gasteiger partial charge in [0, 0.05) is 0 Å². The van der Waals surface area contributed by atoms with Gasteiger partial charge in [0.15, 0.2) is 0 Å². The van der Waals surface area contributed by atoms with E-state index in [1.54, 1.807) is 0 Å². The molecule has 0 nitrogen and oxygen atoms in total. The van der Waals surface area contributed by atoms with Gasteiger partial charge in [0.1, 0.15) is 0 Å². The fourth-order valence-electron chi connectivity index (χ4n) is 10.2. The van der Waals surface area contributed by atoms with E-state index in [9.17, 15) is 0 Å². The number of halogens is 2. The monoisotopic (exact) mass is 881 g/mol. The van der Waals surface area contributed by atoms with Crippen LogP contribution in [0, 0.1) is 10.8 Å². The molecule has 4 aromatic rings. The Balaban J connectivity index is 1.61. The van der Waals surface area contributed by atoms with E-state index in [-0.39, 0.29) is 18.1 Å². The van der Waals surface area contributed by atoms with Crippen LogP contribution in [0.15, 0.2) is 96.1 Å². The summed E-state index contributed by atoms with van der Waals surface area (Å²) in [5.74, 6) is -0.647. The molecule has 6 rings (SSSR count). The van der Waals surface area contributed by atoms with E-state index in [1.807, 2.05) is 0 Å². The summed E-state index contributed by atoms with van der Waals surface area (Å²) in [6, 6.07) is 34.0. The van der Waals surface area contributed by atoms with Gasteiger partial charge in [0.05, 0.1) is 0 Å². The zero-order valence-electron chi connectivity index (χ0n) is 36.6. The van der Waals surface area contributed by atoms with E-state index in [1.165, 1.54) is 66.8 Å². The molecule has 0 saturated heterocycles. The first-order valence-electron chi connectivity index (χ1n) is 21.8. The van der Waals surface area contributed by atoms with E-state index in [2.05, 4.69) is 180 Å². The summed E-state index contributed by atoms with van der Waals surface area (Å²) < 4.78 is 0.138. The predicted octanol–water partition coefficient (Wildman–Crippen LogP) is 17.3. The molecule has 2 aliphatic rings. The van der Waals surface area contributed by atoms with Gasteiger partial charge < -0.3 is 0 Å². The van der Waals surface area contributed by atoms with Gasteiger partial charge in [-0.25, -0.2) is 0 Å². The van der Waals surface area contributed by atoms with Crippen molar-refractivity contribution in [3.05, 3.63) is 129 Å². The second-order valence-corrected chi connectivity index (χ2v) is 61.5. The van der Waals surface area contributed by atoms with Crippen molar-refractivity contribution >= 4 is 35.1 Å². The third-order valence-electron chi connectivity index (χ3n) is 13.3. The molecule has 0 fully saturated rings. The maximum atomic E-state index is 9.13. The first-order valence-corrected chi connectivity index (χ1v) is 37.7. The first-order chi connectivity index (χ1) is 26.3. The molecule has 4 aromatic carbocycles. The van der Waals surface area contributed by atoms with Crippen LogP contribution in [0.25, 0.3) is 34.4 Å². The molecule has 5 atom stereocenters. The zero-order valence-corrected chi connectivity index (χ0v) is 41.7. The first kappa shape index (κ1) is 43.6. The molecule has 0 aromatic heterocycles. The summed E-state index contributed by atoms with van der Waals surface area (Å²) in [5, 5.41) is 0. The molecule has 0 aliphatic heterocycles. The molecule has 4 heteroatoms. The van der Waals surface area contributed by atoms with Crippen LogP contribution >= 0.6 is 17.0 Å². The Morgan fingerprint density at radius 2 is 0.964 bits per heavy atom. The van der Waals surface area contributed by atoms with Gasteiger partial charge in [0.2, 0.25) is 0 Å². The Morgan fingerprint density at radius 3 is 1.29 bits per heavy atom. The second kappa shape index (κ2) is 16.6. The predicted molar refractivity (Wildman–Crippen MR) is 251 cm³/mol. The van der Waals surface area contributed by atoms with Gasteiger partial charge in [-0.1, -0.05) is 0 Å². The van der Waals surface area contributed by atoms with Gasteiger partial charge in [-0.05, 0) is 0 Å². The summed E-state index contributed by atoms with van der Waals surface area (Å²) in [4.78, 5) is 0. The maximum absolute atomic E-state index is 9.13. The molecule has 0 heterocycles. The van der Waals surface area contributed by atoms with Crippen molar-refractivity contribution in [3.8, 4) is 22.3 Å². The number of allylic oxidation sites excluding steroid dienone is 2. The second-order valence-electron chi connectivity index (χ2n) is 20.2. The number of hydrogen-bond donors (Lipinski definition) is 0. The number of hydrogen-bond acceptors (Lipinski definition) is 0. The van der Waals surface area contributed by atoms with Crippen LogP contribution < -0.4 is 0 Å². The molecule has 0 saturated carbocycles. The van der Waals surface area contributed by atoms with Crippen molar-refractivity contribution in [2.24, 2.45) is 10.8 Å². The molecule has 0 amide bonds. The average Bonchev–Trinajstić information content (AvgIpc) is 3.71. The fraction of sp³-hybridized carbons (Fsp3) is 0.462. The van der Waals surface area contributed by atoms with Crippen LogP contribution in [0.2, 0.25) is 12.6 Å². The van der Waals surface area contributed by atoms with Crippen molar-refractivity contribution in [1.82, 2.24) is 0 Å². The van der Waals surface area contributed by atoms with Crippen LogP contribution in [0.4, 0.5) is 0 Å². The minimum atomic E-state index is -5.09. The van der Waals surface area contributed by atoms with Crippen LogP contribution in [-0.2, 0) is 15.6 Å². The van der Waals surface area contributed by atoms with Gasteiger partial charge in [-0.15, -0.1) is 0 Å². The average molecular weight is 884 g/mol. The summed E-state index contributed by atoms with van der Waals surface area (Å²) in [5.41, 5.74) is 16.6. The molecule has 299 valence electrons. The van der Waals surface area contributed by atoms with Crippen LogP contribution in [0.5, 0.6) is 0 Å². The Bertz CT molecular complexity index is 1950. The normalized spacial score (nSPS) is 19.4. The molecular weight excluding hydrogens is 815 g/mol. The van der Waals surface area contributed by atoms with Crippen LogP contribution in [0.3, 0.4) is 0 Å². The van der Waals surface area contributed by atoms with E-state index < -0.39 is 21.5 Å². The van der Waals surface area contributed by atoms with Gasteiger partial charge in [0.25, 0.3) is 0 Å². The summed E-state index contributed by atoms with van der Waals surface area (Å²) in [6.45, 7) is 28.4. The SMILES string of the molecule is CCC[SiH](C)[Zr]([Cl])([Cl])([CH]1C(CC(C)(C)C)=Cc2c(-c3ccc(C(C)CC)cc3)cccc21)[CH]1C(CC(C)(C)C)=Cc2c(-c3ccc(C(C)CC)cc3)cccc21. The molecule has 56 heavy (non-hydrogen) atoms. The molecule has 2 aliphatic carbocycles. The fourth-order valence-corrected chi connectivity index (χ4v) is 51.3. The molecule has 0 bridgehead atoms. The third kappa shape index (κ3) is 8.40. The molecule has 0 spiro atoms. The van der Waals surface area contributed by atoms with Crippen LogP contribution in [0.1, 0.15) is 161 Å². The van der Waals surface area contributed by atoms with Crippen LogP contribution in [-0.4, -0.2) is 5.92 Å². The Labute approximate surface area is 350 Å². The number of fused-ring (bicyclic) bond motifs is 2. The minimum absolute atomic E-state index is 0.0688. The van der Waals surface area contributed by atoms with Crippen molar-refractivity contribution in [2.45, 2.75) is 140 Å². The molecule has 0 N–H and O–H groups in total. The molecular formula is C52H69Cl2SiZr. The van der Waals surface area contributed by atoms with Crippen molar-refractivity contribution in [1.29, 1.82) is 0 Å². The van der Waals surface area contributed by atoms with Crippen molar-refractivity contribution < 1.29 is 15.6 Å². The Hall–Kier alpha value is -1.96. The molecule has 5 unspecified atom stereocenters. The summed E-state index contributed by atoms with van der Waals surface area (Å²) in [6.07, 6.45) is 10.5. The zero-order chi connectivity index (χ0) is 40.8. The van der Waals surface area contributed by atoms with Gasteiger partial charge in [-0.2, -0.15) is 0 Å². The van der Waals surface area contributed by atoms with Crippen molar-refractivity contribution in [3.63, 3.8) is 0 Å². The Morgan fingerprint density at radius 1 is 0.589 bits per heavy atom. The quantitative estimate of drug-likeness (QED) is 0.117. The van der Waals surface area contributed by atoms with Gasteiger partial charge in [-0.3, -0.25) is 0 Å². The summed E-state index contributed by atoms with van der Waals surface area (Å²) in [7, 11) is 18.3.